The largest absolute Gasteiger partial charge is 0.508 e. The monoisotopic (exact) mass is 217 g/mol. The van der Waals surface area contributed by atoms with Gasteiger partial charge in [0.15, 0.2) is 0 Å². The minimum atomic E-state index is -0.161. The van der Waals surface area contributed by atoms with Crippen LogP contribution in [0.5, 0.6) is 5.75 Å². The average Bonchev–Trinajstić information content (AvgIpc) is 2.64. The standard InChI is InChI=1S/C12H15N3O/c1-9-6-14-15(7-9)8-12(13)10-3-2-4-11(16)5-10/h2-7,12,16H,8,13H2,1H3. The molecule has 1 heterocycles. The maximum absolute atomic E-state index is 9.35. The topological polar surface area (TPSA) is 64.1 Å². The first-order valence-corrected chi connectivity index (χ1v) is 5.19. The van der Waals surface area contributed by atoms with Crippen molar-refractivity contribution >= 4 is 0 Å². The Morgan fingerprint density at radius 3 is 2.94 bits per heavy atom. The molecule has 1 aromatic carbocycles. The van der Waals surface area contributed by atoms with Crippen molar-refractivity contribution in [2.45, 2.75) is 19.5 Å². The van der Waals surface area contributed by atoms with Crippen molar-refractivity contribution in [3.63, 3.8) is 0 Å². The molecule has 0 saturated carbocycles. The molecule has 2 aromatic rings. The number of hydrogen-bond donors (Lipinski definition) is 2. The van der Waals surface area contributed by atoms with Crippen molar-refractivity contribution in [3.05, 3.63) is 47.8 Å². The van der Waals surface area contributed by atoms with Gasteiger partial charge in [0.2, 0.25) is 0 Å². The number of nitrogens with zero attached hydrogens (tertiary/aromatic N) is 2. The molecule has 0 fully saturated rings. The number of aromatic nitrogens is 2. The normalized spacial score (nSPS) is 12.6. The van der Waals surface area contributed by atoms with Gasteiger partial charge in [-0.1, -0.05) is 12.1 Å². The number of rotatable bonds is 3. The van der Waals surface area contributed by atoms with Gasteiger partial charge in [-0.3, -0.25) is 4.68 Å². The summed E-state index contributed by atoms with van der Waals surface area (Å²) in [4.78, 5) is 0. The van der Waals surface area contributed by atoms with E-state index in [9.17, 15) is 5.11 Å². The highest BCUT2D eigenvalue weighted by atomic mass is 16.3. The fourth-order valence-electron chi connectivity index (χ4n) is 1.63. The van der Waals surface area contributed by atoms with Gasteiger partial charge in [0, 0.05) is 12.2 Å². The third kappa shape index (κ3) is 2.41. The highest BCUT2D eigenvalue weighted by molar-refractivity contribution is 5.29. The van der Waals surface area contributed by atoms with Crippen molar-refractivity contribution in [2.24, 2.45) is 5.73 Å². The van der Waals surface area contributed by atoms with E-state index in [2.05, 4.69) is 5.10 Å². The van der Waals surface area contributed by atoms with Gasteiger partial charge in [-0.15, -0.1) is 0 Å². The maximum Gasteiger partial charge on any atom is 0.115 e. The lowest BCUT2D eigenvalue weighted by Crippen LogP contribution is -2.17. The Morgan fingerprint density at radius 2 is 2.31 bits per heavy atom. The molecular formula is C12H15N3O. The van der Waals surface area contributed by atoms with Crippen LogP contribution in [0.25, 0.3) is 0 Å². The molecule has 0 amide bonds. The zero-order chi connectivity index (χ0) is 11.5. The minimum Gasteiger partial charge on any atom is -0.508 e. The molecule has 0 aliphatic carbocycles. The summed E-state index contributed by atoms with van der Waals surface area (Å²) in [5, 5.41) is 13.5. The molecule has 1 atom stereocenters. The smallest absolute Gasteiger partial charge is 0.115 e. The summed E-state index contributed by atoms with van der Waals surface area (Å²) in [6.07, 6.45) is 3.75. The molecule has 0 saturated heterocycles. The molecule has 16 heavy (non-hydrogen) atoms. The first-order valence-electron chi connectivity index (χ1n) is 5.19. The van der Waals surface area contributed by atoms with E-state index in [0.29, 0.717) is 6.54 Å². The molecule has 3 N–H and O–H groups in total. The molecule has 0 aliphatic heterocycles. The Bertz CT molecular complexity index is 479. The Balaban J connectivity index is 2.11. The predicted molar refractivity (Wildman–Crippen MR) is 62.0 cm³/mol. The molecule has 4 heteroatoms. The van der Waals surface area contributed by atoms with Gasteiger partial charge in [0.05, 0.1) is 12.7 Å². The molecule has 0 radical (unpaired) electrons. The maximum atomic E-state index is 9.35. The average molecular weight is 217 g/mol. The summed E-state index contributed by atoms with van der Waals surface area (Å²) >= 11 is 0. The molecule has 0 aliphatic rings. The Kier molecular flexibility index (Phi) is 2.92. The van der Waals surface area contributed by atoms with Crippen LogP contribution >= 0.6 is 0 Å². The van der Waals surface area contributed by atoms with E-state index in [1.165, 1.54) is 0 Å². The van der Waals surface area contributed by atoms with Crippen molar-refractivity contribution < 1.29 is 5.11 Å². The molecule has 2 rings (SSSR count). The number of aryl methyl sites for hydroxylation is 1. The number of phenolic OH excluding ortho intramolecular Hbond substituents is 1. The van der Waals surface area contributed by atoms with Crippen LogP contribution in [0.4, 0.5) is 0 Å². The fourth-order valence-corrected chi connectivity index (χ4v) is 1.63. The van der Waals surface area contributed by atoms with Gasteiger partial charge in [-0.25, -0.2) is 0 Å². The molecule has 84 valence electrons. The van der Waals surface area contributed by atoms with Crippen LogP contribution in [-0.4, -0.2) is 14.9 Å². The lowest BCUT2D eigenvalue weighted by molar-refractivity contribution is 0.471. The van der Waals surface area contributed by atoms with E-state index in [-0.39, 0.29) is 11.8 Å². The number of aromatic hydroxyl groups is 1. The lowest BCUT2D eigenvalue weighted by Gasteiger charge is -2.12. The van der Waals surface area contributed by atoms with Crippen molar-refractivity contribution in [1.29, 1.82) is 0 Å². The van der Waals surface area contributed by atoms with Gasteiger partial charge in [0.25, 0.3) is 0 Å². The summed E-state index contributed by atoms with van der Waals surface area (Å²) in [5.74, 6) is 0.240. The zero-order valence-electron chi connectivity index (χ0n) is 9.17. The minimum absolute atomic E-state index is 0.161. The van der Waals surface area contributed by atoms with Gasteiger partial charge >= 0.3 is 0 Å². The summed E-state index contributed by atoms with van der Waals surface area (Å²) in [6, 6.07) is 6.85. The third-order valence-corrected chi connectivity index (χ3v) is 2.44. The van der Waals surface area contributed by atoms with Gasteiger partial charge in [-0.2, -0.15) is 5.10 Å². The number of phenols is 1. The third-order valence-electron chi connectivity index (χ3n) is 2.44. The first-order chi connectivity index (χ1) is 7.65. The molecular weight excluding hydrogens is 202 g/mol. The van der Waals surface area contributed by atoms with Crippen LogP contribution in [-0.2, 0) is 6.54 Å². The van der Waals surface area contributed by atoms with Crippen molar-refractivity contribution in [1.82, 2.24) is 9.78 Å². The quantitative estimate of drug-likeness (QED) is 0.820. The van der Waals surface area contributed by atoms with Crippen LogP contribution in [0, 0.1) is 6.92 Å². The Labute approximate surface area is 94.3 Å². The summed E-state index contributed by atoms with van der Waals surface area (Å²) in [6.45, 7) is 2.60. The highest BCUT2D eigenvalue weighted by Crippen LogP contribution is 2.17. The van der Waals surface area contributed by atoms with Crippen molar-refractivity contribution in [3.8, 4) is 5.75 Å². The molecule has 4 nitrogen and oxygen atoms in total. The Morgan fingerprint density at radius 1 is 1.50 bits per heavy atom. The van der Waals surface area contributed by atoms with Crippen LogP contribution in [0.2, 0.25) is 0 Å². The Hall–Kier alpha value is -1.81. The van der Waals surface area contributed by atoms with Gasteiger partial charge in [0.1, 0.15) is 5.75 Å². The zero-order valence-corrected chi connectivity index (χ0v) is 9.17. The molecule has 1 aromatic heterocycles. The lowest BCUT2D eigenvalue weighted by atomic mass is 10.1. The SMILES string of the molecule is Cc1cnn(CC(N)c2cccc(O)c2)c1. The second-order valence-electron chi connectivity index (χ2n) is 3.94. The summed E-state index contributed by atoms with van der Waals surface area (Å²) in [7, 11) is 0. The van der Waals surface area contributed by atoms with E-state index in [1.807, 2.05) is 23.9 Å². The number of hydrogen-bond acceptors (Lipinski definition) is 3. The van der Waals surface area contributed by atoms with E-state index in [1.54, 1.807) is 24.4 Å². The van der Waals surface area contributed by atoms with E-state index < -0.39 is 0 Å². The second-order valence-corrected chi connectivity index (χ2v) is 3.94. The number of nitrogens with two attached hydrogens (primary N) is 1. The predicted octanol–water partition coefficient (Wildman–Crippen LogP) is 1.60. The van der Waals surface area contributed by atoms with Crippen LogP contribution in [0.3, 0.4) is 0 Å². The summed E-state index contributed by atoms with van der Waals surface area (Å²) in [5.41, 5.74) is 8.06. The molecule has 0 spiro atoms. The van der Waals surface area contributed by atoms with E-state index in [4.69, 9.17) is 5.73 Å². The fraction of sp³-hybridized carbons (Fsp3) is 0.250. The molecule has 0 bridgehead atoms. The summed E-state index contributed by atoms with van der Waals surface area (Å²) < 4.78 is 1.81. The second kappa shape index (κ2) is 4.37. The number of benzene rings is 1. The van der Waals surface area contributed by atoms with Crippen molar-refractivity contribution in [2.75, 3.05) is 0 Å². The first kappa shape index (κ1) is 10.7. The highest BCUT2D eigenvalue weighted by Gasteiger charge is 2.07. The van der Waals surface area contributed by atoms with E-state index >= 15 is 0 Å². The van der Waals surface area contributed by atoms with Crippen LogP contribution in [0.1, 0.15) is 17.2 Å². The molecule has 1 unspecified atom stereocenters. The van der Waals surface area contributed by atoms with Crippen LogP contribution < -0.4 is 5.73 Å². The van der Waals surface area contributed by atoms with E-state index in [0.717, 1.165) is 11.1 Å². The van der Waals surface area contributed by atoms with Gasteiger partial charge in [-0.05, 0) is 30.2 Å². The van der Waals surface area contributed by atoms with Crippen LogP contribution in [0.15, 0.2) is 36.7 Å². The van der Waals surface area contributed by atoms with Gasteiger partial charge < -0.3 is 10.8 Å².